The lowest BCUT2D eigenvalue weighted by molar-refractivity contribution is -0.274. The third-order valence-corrected chi connectivity index (χ3v) is 5.12. The van der Waals surface area contributed by atoms with Crippen LogP contribution in [0.4, 0.5) is 17.6 Å². The summed E-state index contributed by atoms with van der Waals surface area (Å²) in [7, 11) is 0. The fraction of sp³-hybridized carbons (Fsp3) is 0.300. The van der Waals surface area contributed by atoms with Gasteiger partial charge in [-0.25, -0.2) is 4.39 Å². The number of amides is 2. The number of carbonyl (C=O) groups is 2. The summed E-state index contributed by atoms with van der Waals surface area (Å²) in [5.41, 5.74) is 0.294. The van der Waals surface area contributed by atoms with Crippen molar-refractivity contribution >= 4 is 11.8 Å². The Hall–Kier alpha value is -3.10. The first-order valence-corrected chi connectivity index (χ1v) is 8.90. The van der Waals surface area contributed by atoms with Gasteiger partial charge in [-0.05, 0) is 42.3 Å². The summed E-state index contributed by atoms with van der Waals surface area (Å²) in [6.45, 7) is 0.871. The minimum atomic E-state index is -4.88. The Morgan fingerprint density at radius 3 is 2.38 bits per heavy atom. The minimum absolute atomic E-state index is 0.0137. The lowest BCUT2D eigenvalue weighted by Gasteiger charge is -2.47. The monoisotopic (exact) mass is 408 g/mol. The van der Waals surface area contributed by atoms with Crippen LogP contribution in [0.15, 0.2) is 42.5 Å². The van der Waals surface area contributed by atoms with Gasteiger partial charge in [-0.15, -0.1) is 13.2 Å². The molecule has 2 saturated heterocycles. The second-order valence-corrected chi connectivity index (χ2v) is 7.26. The van der Waals surface area contributed by atoms with Crippen LogP contribution in [0.5, 0.6) is 5.75 Å². The number of hydrogen-bond donors (Lipinski definition) is 1. The van der Waals surface area contributed by atoms with Crippen LogP contribution < -0.4 is 10.1 Å². The quantitative estimate of drug-likeness (QED) is 0.791. The molecule has 0 atom stereocenters. The second-order valence-electron chi connectivity index (χ2n) is 7.26. The van der Waals surface area contributed by atoms with Gasteiger partial charge in [-0.2, -0.15) is 0 Å². The van der Waals surface area contributed by atoms with E-state index in [4.69, 9.17) is 0 Å². The van der Waals surface area contributed by atoms with E-state index < -0.39 is 17.9 Å². The van der Waals surface area contributed by atoms with Crippen molar-refractivity contribution in [2.75, 3.05) is 13.1 Å². The van der Waals surface area contributed by atoms with Crippen molar-refractivity contribution in [1.29, 1.82) is 0 Å². The van der Waals surface area contributed by atoms with Crippen molar-refractivity contribution in [3.8, 4) is 16.9 Å². The van der Waals surface area contributed by atoms with Crippen LogP contribution in [0, 0.1) is 5.82 Å². The van der Waals surface area contributed by atoms with Crippen LogP contribution in [0.25, 0.3) is 11.1 Å². The van der Waals surface area contributed by atoms with E-state index in [0.29, 0.717) is 37.1 Å². The van der Waals surface area contributed by atoms with Crippen molar-refractivity contribution in [2.24, 2.45) is 0 Å². The van der Waals surface area contributed by atoms with Crippen LogP contribution in [-0.4, -0.2) is 41.7 Å². The number of alkyl halides is 3. The van der Waals surface area contributed by atoms with Gasteiger partial charge in [0.1, 0.15) is 11.6 Å². The maximum atomic E-state index is 14.1. The summed E-state index contributed by atoms with van der Waals surface area (Å²) >= 11 is 0. The van der Waals surface area contributed by atoms with Gasteiger partial charge in [0.25, 0.3) is 5.91 Å². The smallest absolute Gasteiger partial charge is 0.406 e. The minimum Gasteiger partial charge on any atom is -0.406 e. The first-order chi connectivity index (χ1) is 13.6. The molecule has 9 heteroatoms. The highest BCUT2D eigenvalue weighted by atomic mass is 19.4. The molecule has 5 nitrogen and oxygen atoms in total. The molecule has 29 heavy (non-hydrogen) atoms. The Morgan fingerprint density at radius 1 is 1.10 bits per heavy atom. The zero-order valence-electron chi connectivity index (χ0n) is 15.1. The number of benzene rings is 2. The lowest BCUT2D eigenvalue weighted by atomic mass is 9.87. The largest absolute Gasteiger partial charge is 0.573 e. The molecule has 152 valence electrons. The molecule has 2 fully saturated rings. The highest BCUT2D eigenvalue weighted by Gasteiger charge is 2.49. The Labute approximate surface area is 163 Å². The van der Waals surface area contributed by atoms with E-state index in [1.807, 2.05) is 0 Å². The molecule has 2 aromatic rings. The van der Waals surface area contributed by atoms with Crippen molar-refractivity contribution in [3.63, 3.8) is 0 Å². The molecule has 0 aromatic heterocycles. The molecule has 0 saturated carbocycles. The van der Waals surface area contributed by atoms with E-state index in [1.54, 1.807) is 4.90 Å². The third kappa shape index (κ3) is 3.90. The molecule has 0 aliphatic carbocycles. The Kier molecular flexibility index (Phi) is 4.48. The molecule has 4 rings (SSSR count). The summed E-state index contributed by atoms with van der Waals surface area (Å²) in [6.07, 6.45) is -3.72. The molecule has 0 radical (unpaired) electrons. The van der Waals surface area contributed by atoms with Gasteiger partial charge in [0.15, 0.2) is 0 Å². The fourth-order valence-corrected chi connectivity index (χ4v) is 3.74. The summed E-state index contributed by atoms with van der Waals surface area (Å²) in [6, 6.07) is 8.67. The van der Waals surface area contributed by atoms with E-state index in [2.05, 4.69) is 10.1 Å². The van der Waals surface area contributed by atoms with Crippen LogP contribution >= 0.6 is 0 Å². The highest BCUT2D eigenvalue weighted by Crippen LogP contribution is 2.33. The van der Waals surface area contributed by atoms with Gasteiger partial charge in [-0.1, -0.05) is 12.1 Å². The number of nitrogens with one attached hydrogen (secondary N) is 1. The number of ether oxygens (including phenoxy) is 1. The number of carbonyl (C=O) groups excluding carboxylic acids is 2. The van der Waals surface area contributed by atoms with E-state index in [9.17, 15) is 27.2 Å². The SMILES string of the molecule is O=C1CCC2(CN(C(=O)c3ccc(-c4cc(OC(F)(F)F)ccc4F)cc3)C2)N1. The van der Waals surface area contributed by atoms with E-state index in [1.165, 1.54) is 24.3 Å². The van der Waals surface area contributed by atoms with Gasteiger partial charge in [0, 0.05) is 30.6 Å². The molecule has 2 aromatic carbocycles. The topological polar surface area (TPSA) is 58.6 Å². The number of hydrogen-bond acceptors (Lipinski definition) is 3. The van der Waals surface area contributed by atoms with Crippen LogP contribution in [-0.2, 0) is 4.79 Å². The van der Waals surface area contributed by atoms with Gasteiger partial charge in [0.05, 0.1) is 5.54 Å². The van der Waals surface area contributed by atoms with E-state index >= 15 is 0 Å². The molecule has 2 amide bonds. The van der Waals surface area contributed by atoms with Gasteiger partial charge < -0.3 is 15.0 Å². The summed E-state index contributed by atoms with van der Waals surface area (Å²) in [4.78, 5) is 25.6. The molecule has 1 spiro atoms. The molecule has 2 aliphatic rings. The summed E-state index contributed by atoms with van der Waals surface area (Å²) < 4.78 is 55.1. The number of rotatable bonds is 3. The Morgan fingerprint density at radius 2 is 1.79 bits per heavy atom. The third-order valence-electron chi connectivity index (χ3n) is 5.12. The maximum Gasteiger partial charge on any atom is 0.573 e. The number of nitrogens with zero attached hydrogens (tertiary/aromatic N) is 1. The van der Waals surface area contributed by atoms with Crippen molar-refractivity contribution < 1.29 is 31.9 Å². The molecule has 0 unspecified atom stereocenters. The van der Waals surface area contributed by atoms with Crippen LogP contribution in [0.1, 0.15) is 23.2 Å². The Balaban J connectivity index is 1.48. The second kappa shape index (κ2) is 6.75. The zero-order chi connectivity index (χ0) is 20.8. The molecular formula is C20H16F4N2O3. The van der Waals surface area contributed by atoms with Gasteiger partial charge >= 0.3 is 6.36 Å². The predicted molar refractivity (Wildman–Crippen MR) is 94.5 cm³/mol. The normalized spacial score (nSPS) is 17.8. The predicted octanol–water partition coefficient (Wildman–Crippen LogP) is 3.50. The maximum absolute atomic E-state index is 14.1. The van der Waals surface area contributed by atoms with Gasteiger partial charge in [-0.3, -0.25) is 9.59 Å². The lowest BCUT2D eigenvalue weighted by Crippen LogP contribution is -2.68. The van der Waals surface area contributed by atoms with Gasteiger partial charge in [0.2, 0.25) is 5.91 Å². The van der Waals surface area contributed by atoms with Crippen molar-refractivity contribution in [3.05, 3.63) is 53.8 Å². The molecule has 2 aliphatic heterocycles. The average Bonchev–Trinajstić information content (AvgIpc) is 3.03. The molecule has 1 N–H and O–H groups in total. The fourth-order valence-electron chi connectivity index (χ4n) is 3.74. The summed E-state index contributed by atoms with van der Waals surface area (Å²) in [5.74, 6) is -1.48. The van der Waals surface area contributed by atoms with E-state index in [-0.39, 0.29) is 22.9 Å². The molecule has 0 bridgehead atoms. The first-order valence-electron chi connectivity index (χ1n) is 8.90. The number of likely N-dealkylation sites (tertiary alicyclic amines) is 1. The summed E-state index contributed by atoms with van der Waals surface area (Å²) in [5, 5.41) is 2.89. The average molecular weight is 408 g/mol. The zero-order valence-corrected chi connectivity index (χ0v) is 15.1. The first kappa shape index (κ1) is 19.2. The van der Waals surface area contributed by atoms with Crippen molar-refractivity contribution in [2.45, 2.75) is 24.7 Å². The number of halogens is 4. The standard InChI is InChI=1S/C20H16F4N2O3/c21-16-6-5-14(29-20(22,23)24)9-15(16)12-1-3-13(4-2-12)18(28)26-10-19(11-26)8-7-17(27)25-19/h1-6,9H,7-8,10-11H2,(H,25,27). The Bertz CT molecular complexity index is 967. The van der Waals surface area contributed by atoms with Crippen LogP contribution in [0.2, 0.25) is 0 Å². The van der Waals surface area contributed by atoms with Crippen LogP contribution in [0.3, 0.4) is 0 Å². The molecular weight excluding hydrogens is 392 g/mol. The highest BCUT2D eigenvalue weighted by molar-refractivity contribution is 5.96. The molecule has 2 heterocycles. The van der Waals surface area contributed by atoms with Crippen molar-refractivity contribution in [1.82, 2.24) is 10.2 Å². The van der Waals surface area contributed by atoms with E-state index in [0.717, 1.165) is 18.2 Å².